The highest BCUT2D eigenvalue weighted by Crippen LogP contribution is 2.33. The second kappa shape index (κ2) is 9.81. The third kappa shape index (κ3) is 5.33. The zero-order chi connectivity index (χ0) is 21.7. The van der Waals surface area contributed by atoms with Crippen LogP contribution in [-0.2, 0) is 23.0 Å². The lowest BCUT2D eigenvalue weighted by molar-refractivity contribution is 0.250. The monoisotopic (exact) mass is 432 g/mol. The molecule has 0 amide bonds. The molecule has 2 aromatic carbocycles. The molecule has 0 radical (unpaired) electrons. The number of nitrogens with zero attached hydrogens (tertiary/aromatic N) is 1. The third-order valence-electron chi connectivity index (χ3n) is 5.60. The summed E-state index contributed by atoms with van der Waals surface area (Å²) >= 11 is 0. The summed E-state index contributed by atoms with van der Waals surface area (Å²) in [7, 11) is -0.172. The van der Waals surface area contributed by atoms with Crippen LogP contribution < -0.4 is 14.2 Å². The Morgan fingerprint density at radius 1 is 1.03 bits per heavy atom. The standard InChI is InChI=1S/C23H32N2O4S/c1-17(2)18-6-8-21(9-7-18)30(26,27)24-11-5-12-25-13-10-19-14-22(28-3)23(29-4)15-20(19)16-25/h6-9,14-15,17,24H,5,10-13,16H2,1-4H3. The van der Waals surface area contributed by atoms with Gasteiger partial charge in [-0.1, -0.05) is 26.0 Å². The number of hydrogen-bond donors (Lipinski definition) is 1. The minimum absolute atomic E-state index is 0.319. The van der Waals surface area contributed by atoms with Crippen LogP contribution in [0.5, 0.6) is 11.5 Å². The van der Waals surface area contributed by atoms with Crippen LogP contribution >= 0.6 is 0 Å². The summed E-state index contributed by atoms with van der Waals surface area (Å²) in [6.07, 6.45) is 1.70. The van der Waals surface area contributed by atoms with Crippen LogP contribution in [0.15, 0.2) is 41.3 Å². The van der Waals surface area contributed by atoms with Gasteiger partial charge in [-0.15, -0.1) is 0 Å². The van der Waals surface area contributed by atoms with Gasteiger partial charge in [0.2, 0.25) is 10.0 Å². The molecular weight excluding hydrogens is 400 g/mol. The predicted octanol–water partition coefficient (Wildman–Crippen LogP) is 3.55. The van der Waals surface area contributed by atoms with E-state index in [0.29, 0.717) is 17.4 Å². The smallest absolute Gasteiger partial charge is 0.240 e. The molecule has 0 spiro atoms. The summed E-state index contributed by atoms with van der Waals surface area (Å²) in [5, 5.41) is 0. The van der Waals surface area contributed by atoms with Crippen molar-refractivity contribution in [3.8, 4) is 11.5 Å². The van der Waals surface area contributed by atoms with Crippen molar-refractivity contribution < 1.29 is 17.9 Å². The van der Waals surface area contributed by atoms with Crippen LogP contribution in [0.3, 0.4) is 0 Å². The van der Waals surface area contributed by atoms with Gasteiger partial charge in [-0.3, -0.25) is 4.90 Å². The van der Waals surface area contributed by atoms with Gasteiger partial charge >= 0.3 is 0 Å². The Hall–Kier alpha value is -2.09. The quantitative estimate of drug-likeness (QED) is 0.614. The Bertz CT molecular complexity index is 956. The summed E-state index contributed by atoms with van der Waals surface area (Å²) in [6, 6.07) is 11.2. The van der Waals surface area contributed by atoms with Crippen LogP contribution in [0, 0.1) is 0 Å². The van der Waals surface area contributed by atoms with Crippen molar-refractivity contribution in [3.05, 3.63) is 53.1 Å². The Morgan fingerprint density at radius 2 is 1.67 bits per heavy atom. The van der Waals surface area contributed by atoms with Crippen molar-refractivity contribution in [1.82, 2.24) is 9.62 Å². The molecule has 0 saturated heterocycles. The molecule has 1 heterocycles. The van der Waals surface area contributed by atoms with E-state index in [1.54, 1.807) is 26.4 Å². The molecule has 0 bridgehead atoms. The first kappa shape index (κ1) is 22.6. The van der Waals surface area contributed by atoms with Crippen LogP contribution in [0.2, 0.25) is 0 Å². The maximum absolute atomic E-state index is 12.5. The highest BCUT2D eigenvalue weighted by Gasteiger charge is 2.20. The van der Waals surface area contributed by atoms with Crippen molar-refractivity contribution in [1.29, 1.82) is 0 Å². The molecule has 1 aliphatic rings. The summed E-state index contributed by atoms with van der Waals surface area (Å²) in [5.74, 6) is 1.89. The summed E-state index contributed by atoms with van der Waals surface area (Å²) in [6.45, 7) is 7.22. The van der Waals surface area contributed by atoms with E-state index in [2.05, 4.69) is 29.5 Å². The van der Waals surface area contributed by atoms with E-state index >= 15 is 0 Å². The number of sulfonamides is 1. The molecule has 1 aliphatic heterocycles. The maximum atomic E-state index is 12.5. The minimum atomic E-state index is -3.47. The first-order valence-corrected chi connectivity index (χ1v) is 11.9. The van der Waals surface area contributed by atoms with Gasteiger partial charge in [-0.05, 0) is 66.3 Å². The fraction of sp³-hybridized carbons (Fsp3) is 0.478. The number of hydrogen-bond acceptors (Lipinski definition) is 5. The van der Waals surface area contributed by atoms with Gasteiger partial charge < -0.3 is 9.47 Å². The van der Waals surface area contributed by atoms with E-state index in [-0.39, 0.29) is 0 Å². The van der Waals surface area contributed by atoms with E-state index in [4.69, 9.17) is 9.47 Å². The van der Waals surface area contributed by atoms with Crippen molar-refractivity contribution >= 4 is 10.0 Å². The molecule has 0 unspecified atom stereocenters. The van der Waals surface area contributed by atoms with E-state index < -0.39 is 10.0 Å². The minimum Gasteiger partial charge on any atom is -0.493 e. The molecule has 7 heteroatoms. The number of rotatable bonds is 9. The molecule has 6 nitrogen and oxygen atoms in total. The summed E-state index contributed by atoms with van der Waals surface area (Å²) in [4.78, 5) is 2.67. The Morgan fingerprint density at radius 3 is 2.27 bits per heavy atom. The fourth-order valence-corrected chi connectivity index (χ4v) is 4.83. The molecule has 30 heavy (non-hydrogen) atoms. The van der Waals surface area contributed by atoms with Crippen molar-refractivity contribution in [2.75, 3.05) is 33.9 Å². The lowest BCUT2D eigenvalue weighted by atomic mass is 9.98. The van der Waals surface area contributed by atoms with Crippen LogP contribution in [-0.4, -0.2) is 47.2 Å². The van der Waals surface area contributed by atoms with E-state index in [0.717, 1.165) is 49.5 Å². The first-order valence-electron chi connectivity index (χ1n) is 10.4. The lowest BCUT2D eigenvalue weighted by Gasteiger charge is -2.29. The van der Waals surface area contributed by atoms with Gasteiger partial charge in [-0.25, -0.2) is 13.1 Å². The van der Waals surface area contributed by atoms with Gasteiger partial charge in [0.25, 0.3) is 0 Å². The third-order valence-corrected chi connectivity index (χ3v) is 7.07. The van der Waals surface area contributed by atoms with Gasteiger partial charge in [0, 0.05) is 19.6 Å². The van der Waals surface area contributed by atoms with Crippen molar-refractivity contribution in [2.24, 2.45) is 0 Å². The number of fused-ring (bicyclic) bond motifs is 1. The van der Waals surface area contributed by atoms with Crippen LogP contribution in [0.1, 0.15) is 42.9 Å². The summed E-state index contributed by atoms with van der Waals surface area (Å²) in [5.41, 5.74) is 3.66. The molecule has 0 atom stereocenters. The average Bonchev–Trinajstić information content (AvgIpc) is 2.75. The topological polar surface area (TPSA) is 67.9 Å². The SMILES string of the molecule is COc1cc2c(cc1OC)CN(CCCNS(=O)(=O)c1ccc(C(C)C)cc1)CC2. The van der Waals surface area contributed by atoms with E-state index in [1.807, 2.05) is 18.2 Å². The Labute approximate surface area is 180 Å². The average molecular weight is 433 g/mol. The van der Waals surface area contributed by atoms with E-state index in [1.165, 1.54) is 11.1 Å². The first-order chi connectivity index (χ1) is 14.3. The lowest BCUT2D eigenvalue weighted by Crippen LogP contribution is -2.33. The molecule has 0 fully saturated rings. The highest BCUT2D eigenvalue weighted by atomic mass is 32.2. The number of benzene rings is 2. The van der Waals surface area contributed by atoms with Gasteiger partial charge in [-0.2, -0.15) is 0 Å². The van der Waals surface area contributed by atoms with E-state index in [9.17, 15) is 8.42 Å². The second-order valence-corrected chi connectivity index (χ2v) is 9.74. The van der Waals surface area contributed by atoms with Gasteiger partial charge in [0.05, 0.1) is 19.1 Å². The molecule has 164 valence electrons. The maximum Gasteiger partial charge on any atom is 0.240 e. The fourth-order valence-electron chi connectivity index (χ4n) is 3.76. The number of ether oxygens (including phenoxy) is 2. The second-order valence-electron chi connectivity index (χ2n) is 7.98. The molecule has 0 aliphatic carbocycles. The summed E-state index contributed by atoms with van der Waals surface area (Å²) < 4.78 is 38.5. The Balaban J connectivity index is 1.51. The molecule has 0 aromatic heterocycles. The van der Waals surface area contributed by atoms with Crippen molar-refractivity contribution in [3.63, 3.8) is 0 Å². The number of nitrogens with one attached hydrogen (secondary N) is 1. The Kier molecular flexibility index (Phi) is 7.39. The zero-order valence-corrected chi connectivity index (χ0v) is 19.1. The van der Waals surface area contributed by atoms with Gasteiger partial charge in [0.1, 0.15) is 0 Å². The normalized spacial score (nSPS) is 14.6. The van der Waals surface area contributed by atoms with Crippen LogP contribution in [0.25, 0.3) is 0 Å². The largest absolute Gasteiger partial charge is 0.493 e. The van der Waals surface area contributed by atoms with Gasteiger partial charge in [0.15, 0.2) is 11.5 Å². The predicted molar refractivity (Wildman–Crippen MR) is 119 cm³/mol. The highest BCUT2D eigenvalue weighted by molar-refractivity contribution is 7.89. The van der Waals surface area contributed by atoms with Crippen LogP contribution in [0.4, 0.5) is 0 Å². The number of methoxy groups -OCH3 is 2. The zero-order valence-electron chi connectivity index (χ0n) is 18.3. The molecule has 1 N–H and O–H groups in total. The molecular formula is C23H32N2O4S. The molecule has 0 saturated carbocycles. The molecule has 2 aromatic rings. The molecule has 3 rings (SSSR count). The van der Waals surface area contributed by atoms with Crippen molar-refractivity contribution in [2.45, 2.75) is 44.0 Å².